The third kappa shape index (κ3) is 5.81. The number of nitrogens with zero attached hydrogens (tertiary/aromatic N) is 1. The van der Waals surface area contributed by atoms with Gasteiger partial charge >= 0.3 is 0 Å². The summed E-state index contributed by atoms with van der Waals surface area (Å²) in [7, 11) is 3.33. The van der Waals surface area contributed by atoms with Crippen LogP contribution < -0.4 is 20.1 Å². The van der Waals surface area contributed by atoms with Crippen molar-refractivity contribution in [2.75, 3.05) is 27.3 Å². The Morgan fingerprint density at radius 1 is 1.14 bits per heavy atom. The molecule has 2 aromatic carbocycles. The molecule has 0 aromatic heterocycles. The highest BCUT2D eigenvalue weighted by molar-refractivity contribution is 5.79. The molecule has 6 nitrogen and oxygen atoms in total. The number of aromatic hydroxyl groups is 1. The lowest BCUT2D eigenvalue weighted by atomic mass is 10.1. The van der Waals surface area contributed by atoms with E-state index in [1.54, 1.807) is 20.2 Å². The lowest BCUT2D eigenvalue weighted by molar-refractivity contribution is 0.296. The maximum Gasteiger partial charge on any atom is 0.191 e. The van der Waals surface area contributed by atoms with Crippen LogP contribution in [0.25, 0.3) is 0 Å². The lowest BCUT2D eigenvalue weighted by Crippen LogP contribution is -2.37. The Morgan fingerprint density at radius 3 is 2.68 bits per heavy atom. The Hall–Kier alpha value is -2.89. The summed E-state index contributed by atoms with van der Waals surface area (Å²) in [5.74, 6) is 3.26. The maximum absolute atomic E-state index is 10.1. The van der Waals surface area contributed by atoms with Gasteiger partial charge in [-0.15, -0.1) is 0 Å². The van der Waals surface area contributed by atoms with Crippen LogP contribution in [-0.2, 0) is 13.0 Å². The average Bonchev–Trinajstić information content (AvgIpc) is 3.55. The molecule has 150 valence electrons. The largest absolute Gasteiger partial charge is 0.508 e. The first-order valence-electron chi connectivity index (χ1n) is 9.70. The summed E-state index contributed by atoms with van der Waals surface area (Å²) in [6.45, 7) is 2.09. The van der Waals surface area contributed by atoms with Gasteiger partial charge in [-0.2, -0.15) is 0 Å². The third-order valence-electron chi connectivity index (χ3n) is 4.79. The van der Waals surface area contributed by atoms with Gasteiger partial charge in [0, 0.05) is 31.8 Å². The van der Waals surface area contributed by atoms with Gasteiger partial charge in [0.05, 0.1) is 13.7 Å². The molecule has 1 aliphatic carbocycles. The highest BCUT2D eigenvalue weighted by Gasteiger charge is 2.22. The molecule has 0 saturated heterocycles. The fraction of sp³-hybridized carbons (Fsp3) is 0.409. The second kappa shape index (κ2) is 9.88. The van der Waals surface area contributed by atoms with Crippen molar-refractivity contribution in [2.45, 2.75) is 25.8 Å². The minimum Gasteiger partial charge on any atom is -0.508 e. The number of methoxy groups -OCH3 is 1. The highest BCUT2D eigenvalue weighted by Crippen LogP contribution is 2.30. The molecule has 1 aliphatic rings. The van der Waals surface area contributed by atoms with E-state index in [1.807, 2.05) is 30.3 Å². The van der Waals surface area contributed by atoms with Crippen LogP contribution >= 0.6 is 0 Å². The van der Waals surface area contributed by atoms with E-state index in [0.29, 0.717) is 31.2 Å². The fourth-order valence-electron chi connectivity index (χ4n) is 2.88. The van der Waals surface area contributed by atoms with Gasteiger partial charge in [0.25, 0.3) is 0 Å². The Labute approximate surface area is 166 Å². The zero-order valence-electron chi connectivity index (χ0n) is 16.6. The van der Waals surface area contributed by atoms with Gasteiger partial charge in [-0.25, -0.2) is 0 Å². The van der Waals surface area contributed by atoms with E-state index in [0.717, 1.165) is 29.4 Å². The molecule has 0 amide bonds. The number of ether oxygens (including phenoxy) is 2. The average molecular weight is 383 g/mol. The second-order valence-electron chi connectivity index (χ2n) is 6.96. The molecule has 6 heteroatoms. The van der Waals surface area contributed by atoms with E-state index in [-0.39, 0.29) is 5.75 Å². The first kappa shape index (κ1) is 19.9. The predicted molar refractivity (Wildman–Crippen MR) is 111 cm³/mol. The zero-order chi connectivity index (χ0) is 19.8. The first-order chi connectivity index (χ1) is 13.7. The van der Waals surface area contributed by atoms with Gasteiger partial charge in [-0.1, -0.05) is 24.3 Å². The van der Waals surface area contributed by atoms with Gasteiger partial charge in [0.15, 0.2) is 5.96 Å². The van der Waals surface area contributed by atoms with Crippen LogP contribution in [0.15, 0.2) is 47.5 Å². The minimum atomic E-state index is 0.242. The summed E-state index contributed by atoms with van der Waals surface area (Å²) < 4.78 is 11.1. The molecule has 1 fully saturated rings. The topological polar surface area (TPSA) is 75.1 Å². The fourth-order valence-corrected chi connectivity index (χ4v) is 2.88. The molecule has 0 bridgehead atoms. The lowest BCUT2D eigenvalue weighted by Gasteiger charge is -2.15. The summed E-state index contributed by atoms with van der Waals surface area (Å²) in [4.78, 5) is 4.27. The summed E-state index contributed by atoms with van der Waals surface area (Å²) in [5, 5.41) is 16.7. The van der Waals surface area contributed by atoms with Crippen LogP contribution in [0.2, 0.25) is 0 Å². The van der Waals surface area contributed by atoms with Crippen molar-refractivity contribution >= 4 is 5.96 Å². The van der Waals surface area contributed by atoms with Crippen molar-refractivity contribution in [2.24, 2.45) is 10.9 Å². The summed E-state index contributed by atoms with van der Waals surface area (Å²) in [5.41, 5.74) is 1.97. The molecule has 2 aromatic rings. The molecule has 0 unspecified atom stereocenters. The number of rotatable bonds is 9. The Bertz CT molecular complexity index is 803. The highest BCUT2D eigenvalue weighted by atomic mass is 16.5. The Balaban J connectivity index is 1.47. The summed E-state index contributed by atoms with van der Waals surface area (Å²) in [6, 6.07) is 13.4. The van der Waals surface area contributed by atoms with Crippen molar-refractivity contribution < 1.29 is 14.6 Å². The molecule has 0 heterocycles. The number of phenolic OH excluding ortho intramolecular Hbond substituents is 1. The number of nitrogens with one attached hydrogen (secondary N) is 2. The number of para-hydroxylation sites is 1. The van der Waals surface area contributed by atoms with E-state index in [4.69, 9.17) is 9.47 Å². The van der Waals surface area contributed by atoms with E-state index >= 15 is 0 Å². The molecule has 3 rings (SSSR count). The van der Waals surface area contributed by atoms with E-state index < -0.39 is 0 Å². The SMILES string of the molecule is CN=C(NCCc1ccc(OC)cc1O)NCc1ccccc1OCC1CC1. The van der Waals surface area contributed by atoms with Crippen molar-refractivity contribution in [3.05, 3.63) is 53.6 Å². The van der Waals surface area contributed by atoms with Crippen LogP contribution in [0.1, 0.15) is 24.0 Å². The standard InChI is InChI=1S/C22H29N3O3/c1-23-22(24-12-11-17-9-10-19(27-2)13-20(17)26)25-14-18-5-3-4-6-21(18)28-15-16-7-8-16/h3-6,9-10,13,16,26H,7-8,11-12,14-15H2,1-2H3,(H2,23,24,25). The minimum absolute atomic E-state index is 0.242. The molecule has 0 atom stereocenters. The normalized spacial score (nSPS) is 13.9. The van der Waals surface area contributed by atoms with E-state index in [9.17, 15) is 5.11 Å². The van der Waals surface area contributed by atoms with Gasteiger partial charge in [0.1, 0.15) is 17.2 Å². The molecule has 0 aliphatic heterocycles. The van der Waals surface area contributed by atoms with Crippen LogP contribution in [0.3, 0.4) is 0 Å². The molecule has 0 radical (unpaired) electrons. The predicted octanol–water partition coefficient (Wildman–Crippen LogP) is 3.10. The Kier molecular flexibility index (Phi) is 7.00. The smallest absolute Gasteiger partial charge is 0.191 e. The van der Waals surface area contributed by atoms with Gasteiger partial charge < -0.3 is 25.2 Å². The number of aliphatic imine (C=N–C) groups is 1. The van der Waals surface area contributed by atoms with E-state index in [1.165, 1.54) is 12.8 Å². The first-order valence-corrected chi connectivity index (χ1v) is 9.70. The number of phenols is 1. The number of guanidine groups is 1. The molecule has 3 N–H and O–H groups in total. The maximum atomic E-state index is 10.1. The quantitative estimate of drug-likeness (QED) is 0.458. The van der Waals surface area contributed by atoms with Crippen molar-refractivity contribution in [3.63, 3.8) is 0 Å². The van der Waals surface area contributed by atoms with Gasteiger partial charge in [0.2, 0.25) is 0 Å². The molecular formula is C22H29N3O3. The summed E-state index contributed by atoms with van der Waals surface area (Å²) in [6.07, 6.45) is 3.24. The summed E-state index contributed by atoms with van der Waals surface area (Å²) >= 11 is 0. The molecule has 28 heavy (non-hydrogen) atoms. The number of hydrogen-bond acceptors (Lipinski definition) is 4. The van der Waals surface area contributed by atoms with Crippen LogP contribution in [0.4, 0.5) is 0 Å². The van der Waals surface area contributed by atoms with Crippen LogP contribution in [0.5, 0.6) is 17.2 Å². The van der Waals surface area contributed by atoms with E-state index in [2.05, 4.69) is 21.7 Å². The van der Waals surface area contributed by atoms with Gasteiger partial charge in [-0.05, 0) is 42.9 Å². The van der Waals surface area contributed by atoms with Crippen LogP contribution in [0, 0.1) is 5.92 Å². The van der Waals surface area contributed by atoms with Gasteiger partial charge in [-0.3, -0.25) is 4.99 Å². The molecule has 1 saturated carbocycles. The monoisotopic (exact) mass is 383 g/mol. The van der Waals surface area contributed by atoms with Crippen molar-refractivity contribution in [3.8, 4) is 17.2 Å². The zero-order valence-corrected chi connectivity index (χ0v) is 16.6. The molecule has 0 spiro atoms. The second-order valence-corrected chi connectivity index (χ2v) is 6.96. The van der Waals surface area contributed by atoms with Crippen molar-refractivity contribution in [1.82, 2.24) is 10.6 Å². The van der Waals surface area contributed by atoms with Crippen LogP contribution in [-0.4, -0.2) is 38.4 Å². The Morgan fingerprint density at radius 2 is 1.96 bits per heavy atom. The number of hydrogen-bond donors (Lipinski definition) is 3. The third-order valence-corrected chi connectivity index (χ3v) is 4.79. The number of benzene rings is 2. The molecular weight excluding hydrogens is 354 g/mol. The van der Waals surface area contributed by atoms with Crippen molar-refractivity contribution in [1.29, 1.82) is 0 Å².